The van der Waals surface area contributed by atoms with E-state index in [0.29, 0.717) is 23.6 Å². The van der Waals surface area contributed by atoms with Crippen LogP contribution < -0.4 is 5.32 Å². The molecule has 0 aliphatic carbocycles. The number of carbonyl (C=O) groups is 1. The Labute approximate surface area is 100 Å². The summed E-state index contributed by atoms with van der Waals surface area (Å²) in [6, 6.07) is 3.78. The summed E-state index contributed by atoms with van der Waals surface area (Å²) in [6.07, 6.45) is 0.772. The maximum absolute atomic E-state index is 11.5. The number of nitrogens with one attached hydrogen (secondary N) is 1. The lowest BCUT2D eigenvalue weighted by Crippen LogP contribution is -2.13. The number of halogens is 1. The number of hydrogen-bond acceptors (Lipinski definition) is 2. The van der Waals surface area contributed by atoms with Crippen LogP contribution in [0.3, 0.4) is 0 Å². The molecule has 1 rings (SSSR count). The van der Waals surface area contributed by atoms with Crippen molar-refractivity contribution in [1.29, 1.82) is 0 Å². The highest BCUT2D eigenvalue weighted by molar-refractivity contribution is 6.34. The van der Waals surface area contributed by atoms with Crippen molar-refractivity contribution in [2.24, 2.45) is 0 Å². The summed E-state index contributed by atoms with van der Waals surface area (Å²) in [6.45, 7) is 3.88. The molecule has 88 valence electrons. The molecule has 0 aliphatic heterocycles. The van der Waals surface area contributed by atoms with E-state index in [1.54, 1.807) is 0 Å². The quantitative estimate of drug-likeness (QED) is 0.852. The molecular formula is C12H16ClNO2. The third-order valence-corrected chi connectivity index (χ3v) is 2.56. The van der Waals surface area contributed by atoms with Crippen LogP contribution in [0.2, 0.25) is 5.02 Å². The summed E-state index contributed by atoms with van der Waals surface area (Å²) in [7, 11) is 0. The molecule has 0 saturated carbocycles. The number of amides is 1. The molecule has 0 bridgehead atoms. The summed E-state index contributed by atoms with van der Waals surface area (Å²) >= 11 is 6.05. The molecule has 0 unspecified atom stereocenters. The second kappa shape index (κ2) is 5.87. The van der Waals surface area contributed by atoms with E-state index in [-0.39, 0.29) is 12.5 Å². The third-order valence-electron chi connectivity index (χ3n) is 2.26. The molecule has 0 saturated heterocycles. The minimum atomic E-state index is -0.122. The van der Waals surface area contributed by atoms with Gasteiger partial charge in [-0.25, -0.2) is 0 Å². The Morgan fingerprint density at radius 3 is 2.69 bits per heavy atom. The lowest BCUT2D eigenvalue weighted by molar-refractivity contribution is -0.116. The smallest absolute Gasteiger partial charge is 0.224 e. The van der Waals surface area contributed by atoms with Gasteiger partial charge in [-0.05, 0) is 37.5 Å². The molecule has 0 aromatic heterocycles. The van der Waals surface area contributed by atoms with Gasteiger partial charge in [0.05, 0.1) is 10.7 Å². The second-order valence-corrected chi connectivity index (χ2v) is 4.22. The fourth-order valence-electron chi connectivity index (χ4n) is 1.52. The highest BCUT2D eigenvalue weighted by atomic mass is 35.5. The zero-order chi connectivity index (χ0) is 12.1. The topological polar surface area (TPSA) is 49.3 Å². The van der Waals surface area contributed by atoms with E-state index in [4.69, 9.17) is 16.7 Å². The molecule has 0 radical (unpaired) electrons. The van der Waals surface area contributed by atoms with Gasteiger partial charge in [0.2, 0.25) is 5.91 Å². The molecule has 2 N–H and O–H groups in total. The first-order chi connectivity index (χ1) is 7.54. The van der Waals surface area contributed by atoms with Crippen LogP contribution in [-0.2, 0) is 4.79 Å². The van der Waals surface area contributed by atoms with Crippen molar-refractivity contribution < 1.29 is 9.90 Å². The number of aliphatic hydroxyl groups is 1. The summed E-state index contributed by atoms with van der Waals surface area (Å²) in [5.41, 5.74) is 2.67. The SMILES string of the molecule is Cc1cc(C)c(NC(=O)CCCO)c(Cl)c1. The number of benzene rings is 1. The molecule has 0 aliphatic rings. The Hall–Kier alpha value is -1.06. The van der Waals surface area contributed by atoms with Crippen LogP contribution in [0.4, 0.5) is 5.69 Å². The van der Waals surface area contributed by atoms with Crippen LogP contribution in [0.15, 0.2) is 12.1 Å². The maximum atomic E-state index is 11.5. The van der Waals surface area contributed by atoms with Crippen molar-refractivity contribution in [3.8, 4) is 0 Å². The molecule has 0 atom stereocenters. The molecule has 1 aromatic carbocycles. The molecular weight excluding hydrogens is 226 g/mol. The zero-order valence-electron chi connectivity index (χ0n) is 9.51. The maximum Gasteiger partial charge on any atom is 0.224 e. The van der Waals surface area contributed by atoms with Crippen LogP contribution in [0.25, 0.3) is 0 Å². The summed E-state index contributed by atoms with van der Waals surface area (Å²) in [5.74, 6) is -0.122. The number of rotatable bonds is 4. The Morgan fingerprint density at radius 2 is 2.12 bits per heavy atom. The van der Waals surface area contributed by atoms with Crippen molar-refractivity contribution in [3.63, 3.8) is 0 Å². The van der Waals surface area contributed by atoms with E-state index in [1.165, 1.54) is 0 Å². The lowest BCUT2D eigenvalue weighted by Gasteiger charge is -2.11. The number of hydrogen-bond donors (Lipinski definition) is 2. The zero-order valence-corrected chi connectivity index (χ0v) is 10.3. The van der Waals surface area contributed by atoms with Crippen molar-refractivity contribution in [2.45, 2.75) is 26.7 Å². The van der Waals surface area contributed by atoms with Gasteiger partial charge in [0.15, 0.2) is 0 Å². The first-order valence-corrected chi connectivity index (χ1v) is 5.60. The van der Waals surface area contributed by atoms with Gasteiger partial charge in [0, 0.05) is 13.0 Å². The largest absolute Gasteiger partial charge is 0.396 e. The molecule has 0 heterocycles. The Bertz CT molecular complexity index is 368. The average molecular weight is 242 g/mol. The average Bonchev–Trinajstić information content (AvgIpc) is 2.20. The molecule has 16 heavy (non-hydrogen) atoms. The lowest BCUT2D eigenvalue weighted by atomic mass is 10.1. The van der Waals surface area contributed by atoms with Crippen LogP contribution in [-0.4, -0.2) is 17.6 Å². The summed E-state index contributed by atoms with van der Waals surface area (Å²) in [5, 5.41) is 11.9. The Balaban J connectivity index is 2.77. The van der Waals surface area contributed by atoms with E-state index in [9.17, 15) is 4.79 Å². The highest BCUT2D eigenvalue weighted by Crippen LogP contribution is 2.27. The van der Waals surface area contributed by atoms with Crippen LogP contribution >= 0.6 is 11.6 Å². The molecule has 0 spiro atoms. The van der Waals surface area contributed by atoms with Gasteiger partial charge in [0.25, 0.3) is 0 Å². The molecule has 1 amide bonds. The molecule has 0 fully saturated rings. The van der Waals surface area contributed by atoms with E-state index in [1.807, 2.05) is 26.0 Å². The highest BCUT2D eigenvalue weighted by Gasteiger charge is 2.08. The van der Waals surface area contributed by atoms with Crippen molar-refractivity contribution in [3.05, 3.63) is 28.3 Å². The van der Waals surface area contributed by atoms with Crippen molar-refractivity contribution in [1.82, 2.24) is 0 Å². The Kier molecular flexibility index (Phi) is 4.77. The van der Waals surface area contributed by atoms with Gasteiger partial charge in [-0.3, -0.25) is 4.79 Å². The van der Waals surface area contributed by atoms with Gasteiger partial charge in [-0.15, -0.1) is 0 Å². The van der Waals surface area contributed by atoms with Gasteiger partial charge >= 0.3 is 0 Å². The molecule has 3 nitrogen and oxygen atoms in total. The predicted octanol–water partition coefficient (Wildman–Crippen LogP) is 2.67. The van der Waals surface area contributed by atoms with Crippen molar-refractivity contribution in [2.75, 3.05) is 11.9 Å². The third kappa shape index (κ3) is 3.51. The minimum Gasteiger partial charge on any atom is -0.396 e. The van der Waals surface area contributed by atoms with E-state index in [2.05, 4.69) is 5.32 Å². The van der Waals surface area contributed by atoms with E-state index >= 15 is 0 Å². The fraction of sp³-hybridized carbons (Fsp3) is 0.417. The first-order valence-electron chi connectivity index (χ1n) is 5.22. The monoisotopic (exact) mass is 241 g/mol. The van der Waals surface area contributed by atoms with Crippen LogP contribution in [0, 0.1) is 13.8 Å². The summed E-state index contributed by atoms with van der Waals surface area (Å²) in [4.78, 5) is 11.5. The normalized spacial score (nSPS) is 10.2. The van der Waals surface area contributed by atoms with Crippen molar-refractivity contribution >= 4 is 23.2 Å². The van der Waals surface area contributed by atoms with E-state index in [0.717, 1.165) is 11.1 Å². The van der Waals surface area contributed by atoms with Gasteiger partial charge in [-0.1, -0.05) is 17.7 Å². The number of carbonyl (C=O) groups excluding carboxylic acids is 1. The molecule has 1 aromatic rings. The Morgan fingerprint density at radius 1 is 1.44 bits per heavy atom. The molecule has 4 heteroatoms. The number of aliphatic hydroxyl groups excluding tert-OH is 1. The second-order valence-electron chi connectivity index (χ2n) is 3.81. The van der Waals surface area contributed by atoms with Crippen LogP contribution in [0.5, 0.6) is 0 Å². The van der Waals surface area contributed by atoms with E-state index < -0.39 is 0 Å². The standard InChI is InChI=1S/C12H16ClNO2/c1-8-6-9(2)12(10(13)7-8)14-11(16)4-3-5-15/h6-7,15H,3-5H2,1-2H3,(H,14,16). The number of anilines is 1. The fourth-order valence-corrected chi connectivity index (χ4v) is 1.88. The minimum absolute atomic E-state index is 0.0219. The van der Waals surface area contributed by atoms with Gasteiger partial charge < -0.3 is 10.4 Å². The van der Waals surface area contributed by atoms with Gasteiger partial charge in [-0.2, -0.15) is 0 Å². The first kappa shape index (κ1) is 13.0. The van der Waals surface area contributed by atoms with Gasteiger partial charge in [0.1, 0.15) is 0 Å². The van der Waals surface area contributed by atoms with Crippen LogP contribution in [0.1, 0.15) is 24.0 Å². The predicted molar refractivity (Wildman–Crippen MR) is 65.9 cm³/mol. The number of aryl methyl sites for hydroxylation is 2. The summed E-state index contributed by atoms with van der Waals surface area (Å²) < 4.78 is 0.